The molecule has 1 aromatic heterocycles. The van der Waals surface area contributed by atoms with Crippen LogP contribution in [0.2, 0.25) is 5.02 Å². The number of nitrogens with one attached hydrogen (secondary N) is 2. The van der Waals surface area contributed by atoms with Crippen LogP contribution < -0.4 is 15.4 Å². The van der Waals surface area contributed by atoms with E-state index in [0.29, 0.717) is 16.7 Å². The third kappa shape index (κ3) is 4.54. The normalized spacial score (nSPS) is 10.4. The Morgan fingerprint density at radius 3 is 2.52 bits per heavy atom. The van der Waals surface area contributed by atoms with Crippen LogP contribution in [0, 0.1) is 13.8 Å². The molecule has 138 valence electrons. The van der Waals surface area contributed by atoms with Crippen molar-refractivity contribution in [3.63, 3.8) is 0 Å². The standard InChI is InChI=1S/C20H19ClN4O2/c1-12-10-13(2)18(16(21)11-12)25-19(26)17-8-9-22-20(24-17)23-14-4-6-15(27-3)7-5-14/h4-11H,1-3H3,(H,25,26)(H,22,23,24). The van der Waals surface area contributed by atoms with E-state index in [1.165, 1.54) is 6.20 Å². The van der Waals surface area contributed by atoms with E-state index in [-0.39, 0.29) is 11.6 Å². The summed E-state index contributed by atoms with van der Waals surface area (Å²) in [4.78, 5) is 21.0. The van der Waals surface area contributed by atoms with Gasteiger partial charge in [0.25, 0.3) is 5.91 Å². The van der Waals surface area contributed by atoms with Gasteiger partial charge in [0.05, 0.1) is 17.8 Å². The number of ether oxygens (including phenoxy) is 1. The minimum absolute atomic E-state index is 0.233. The molecule has 2 aromatic carbocycles. The number of carbonyl (C=O) groups excluding carboxylic acids is 1. The maximum absolute atomic E-state index is 12.6. The largest absolute Gasteiger partial charge is 0.497 e. The smallest absolute Gasteiger partial charge is 0.274 e. The number of amides is 1. The van der Waals surface area contributed by atoms with Crippen LogP contribution in [0.25, 0.3) is 0 Å². The zero-order valence-corrected chi connectivity index (χ0v) is 16.0. The summed E-state index contributed by atoms with van der Waals surface area (Å²) in [6.07, 6.45) is 1.53. The second kappa shape index (κ2) is 8.05. The van der Waals surface area contributed by atoms with Crippen LogP contribution in [0.5, 0.6) is 5.75 Å². The van der Waals surface area contributed by atoms with Gasteiger partial charge in [-0.15, -0.1) is 0 Å². The van der Waals surface area contributed by atoms with E-state index < -0.39 is 0 Å². The summed E-state index contributed by atoms with van der Waals surface area (Å²) in [6.45, 7) is 3.84. The summed E-state index contributed by atoms with van der Waals surface area (Å²) in [6, 6.07) is 12.6. The van der Waals surface area contributed by atoms with Crippen molar-refractivity contribution in [2.45, 2.75) is 13.8 Å². The number of rotatable bonds is 5. The Morgan fingerprint density at radius 2 is 1.85 bits per heavy atom. The number of hydrogen-bond acceptors (Lipinski definition) is 5. The molecule has 0 fully saturated rings. The number of methoxy groups -OCH3 is 1. The van der Waals surface area contributed by atoms with Gasteiger partial charge in [-0.1, -0.05) is 17.7 Å². The van der Waals surface area contributed by atoms with E-state index in [4.69, 9.17) is 16.3 Å². The molecule has 0 aliphatic heterocycles. The van der Waals surface area contributed by atoms with Gasteiger partial charge < -0.3 is 15.4 Å². The fourth-order valence-electron chi connectivity index (χ4n) is 2.60. The highest BCUT2D eigenvalue weighted by Crippen LogP contribution is 2.27. The first-order valence-electron chi connectivity index (χ1n) is 8.28. The lowest BCUT2D eigenvalue weighted by Crippen LogP contribution is -2.16. The molecular weight excluding hydrogens is 364 g/mol. The molecule has 6 nitrogen and oxygen atoms in total. The van der Waals surface area contributed by atoms with Gasteiger partial charge in [0.1, 0.15) is 11.4 Å². The Balaban J connectivity index is 1.77. The van der Waals surface area contributed by atoms with Crippen LogP contribution in [0.15, 0.2) is 48.7 Å². The lowest BCUT2D eigenvalue weighted by Gasteiger charge is -2.12. The average Bonchev–Trinajstić information content (AvgIpc) is 2.65. The van der Waals surface area contributed by atoms with Gasteiger partial charge in [-0.3, -0.25) is 4.79 Å². The van der Waals surface area contributed by atoms with E-state index in [1.807, 2.05) is 44.2 Å². The predicted octanol–water partition coefficient (Wildman–Crippen LogP) is 4.75. The van der Waals surface area contributed by atoms with Gasteiger partial charge in [-0.25, -0.2) is 9.97 Å². The molecule has 0 spiro atoms. The Kier molecular flexibility index (Phi) is 5.57. The van der Waals surface area contributed by atoms with Crippen molar-refractivity contribution in [2.24, 2.45) is 0 Å². The molecule has 7 heteroatoms. The van der Waals surface area contributed by atoms with Gasteiger partial charge in [-0.05, 0) is 61.4 Å². The summed E-state index contributed by atoms with van der Waals surface area (Å²) in [5.74, 6) is 0.712. The average molecular weight is 383 g/mol. The summed E-state index contributed by atoms with van der Waals surface area (Å²) in [7, 11) is 1.61. The van der Waals surface area contributed by atoms with Crippen LogP contribution in [0.3, 0.4) is 0 Å². The highest BCUT2D eigenvalue weighted by Gasteiger charge is 2.13. The minimum atomic E-state index is -0.357. The van der Waals surface area contributed by atoms with Crippen molar-refractivity contribution in [2.75, 3.05) is 17.7 Å². The van der Waals surface area contributed by atoms with Crippen molar-refractivity contribution < 1.29 is 9.53 Å². The molecule has 1 heterocycles. The quantitative estimate of drug-likeness (QED) is 0.665. The second-order valence-electron chi connectivity index (χ2n) is 6.01. The molecule has 27 heavy (non-hydrogen) atoms. The molecule has 0 aliphatic carbocycles. The van der Waals surface area contributed by atoms with Crippen molar-refractivity contribution in [3.8, 4) is 5.75 Å². The van der Waals surface area contributed by atoms with Crippen molar-refractivity contribution in [3.05, 3.63) is 70.5 Å². The molecule has 3 rings (SSSR count). The third-order valence-electron chi connectivity index (χ3n) is 3.90. The fourth-order valence-corrected chi connectivity index (χ4v) is 2.97. The van der Waals surface area contributed by atoms with Crippen LogP contribution in [-0.4, -0.2) is 23.0 Å². The molecule has 3 aromatic rings. The van der Waals surface area contributed by atoms with Crippen LogP contribution in [0.4, 0.5) is 17.3 Å². The Morgan fingerprint density at radius 1 is 1.11 bits per heavy atom. The fraction of sp³-hybridized carbons (Fsp3) is 0.150. The number of hydrogen-bond donors (Lipinski definition) is 2. The van der Waals surface area contributed by atoms with Crippen LogP contribution in [0.1, 0.15) is 21.6 Å². The molecule has 0 bridgehead atoms. The third-order valence-corrected chi connectivity index (χ3v) is 4.20. The van der Waals surface area contributed by atoms with E-state index in [9.17, 15) is 4.79 Å². The number of aryl methyl sites for hydroxylation is 2. The van der Waals surface area contributed by atoms with E-state index in [0.717, 1.165) is 22.6 Å². The Hall–Kier alpha value is -3.12. The number of nitrogens with zero attached hydrogens (tertiary/aromatic N) is 2. The molecule has 0 atom stereocenters. The van der Waals surface area contributed by atoms with Gasteiger partial charge in [0.2, 0.25) is 5.95 Å². The summed E-state index contributed by atoms with van der Waals surface area (Å²) >= 11 is 6.26. The lowest BCUT2D eigenvalue weighted by molar-refractivity contribution is 0.102. The first-order valence-corrected chi connectivity index (χ1v) is 8.66. The number of carbonyl (C=O) groups is 1. The number of halogens is 1. The van der Waals surface area contributed by atoms with Gasteiger partial charge in [0, 0.05) is 11.9 Å². The lowest BCUT2D eigenvalue weighted by atomic mass is 10.1. The van der Waals surface area contributed by atoms with Crippen LogP contribution in [-0.2, 0) is 0 Å². The van der Waals surface area contributed by atoms with Gasteiger partial charge >= 0.3 is 0 Å². The number of benzene rings is 2. The van der Waals surface area contributed by atoms with Crippen molar-refractivity contribution >= 4 is 34.8 Å². The molecule has 2 N–H and O–H groups in total. The van der Waals surface area contributed by atoms with E-state index in [2.05, 4.69) is 20.6 Å². The minimum Gasteiger partial charge on any atom is -0.497 e. The monoisotopic (exact) mass is 382 g/mol. The first-order chi connectivity index (χ1) is 13.0. The molecule has 0 saturated heterocycles. The second-order valence-corrected chi connectivity index (χ2v) is 6.42. The highest BCUT2D eigenvalue weighted by molar-refractivity contribution is 6.34. The highest BCUT2D eigenvalue weighted by atomic mass is 35.5. The van der Waals surface area contributed by atoms with Crippen LogP contribution >= 0.6 is 11.6 Å². The van der Waals surface area contributed by atoms with E-state index in [1.54, 1.807) is 19.2 Å². The maximum Gasteiger partial charge on any atom is 0.274 e. The van der Waals surface area contributed by atoms with Gasteiger partial charge in [0.15, 0.2) is 0 Å². The zero-order valence-electron chi connectivity index (χ0n) is 15.2. The summed E-state index contributed by atoms with van der Waals surface area (Å²) < 4.78 is 5.13. The molecule has 0 saturated carbocycles. The number of anilines is 3. The maximum atomic E-state index is 12.6. The summed E-state index contributed by atoms with van der Waals surface area (Å²) in [5, 5.41) is 6.38. The Bertz CT molecular complexity index is 951. The molecule has 1 amide bonds. The van der Waals surface area contributed by atoms with Crippen molar-refractivity contribution in [1.29, 1.82) is 0 Å². The zero-order chi connectivity index (χ0) is 19.4. The predicted molar refractivity (Wildman–Crippen MR) is 107 cm³/mol. The first kappa shape index (κ1) is 18.7. The molecule has 0 radical (unpaired) electrons. The van der Waals surface area contributed by atoms with E-state index >= 15 is 0 Å². The van der Waals surface area contributed by atoms with Crippen molar-refractivity contribution in [1.82, 2.24) is 9.97 Å². The van der Waals surface area contributed by atoms with Gasteiger partial charge in [-0.2, -0.15) is 0 Å². The number of aromatic nitrogens is 2. The molecular formula is C20H19ClN4O2. The molecule has 0 unspecified atom stereocenters. The topological polar surface area (TPSA) is 76.1 Å². The Labute approximate surface area is 162 Å². The summed E-state index contributed by atoms with van der Waals surface area (Å²) in [5.41, 5.74) is 3.51. The SMILES string of the molecule is COc1ccc(Nc2nccc(C(=O)Nc3c(C)cc(C)cc3Cl)n2)cc1. The molecule has 0 aliphatic rings.